The van der Waals surface area contributed by atoms with Crippen LogP contribution in [-0.4, -0.2) is 27.6 Å². The van der Waals surface area contributed by atoms with Crippen molar-refractivity contribution in [2.75, 3.05) is 7.05 Å². The second kappa shape index (κ2) is 9.92. The number of halogens is 4. The fraction of sp³-hybridized carbons (Fsp3) is 0.238. The number of hydrogen-bond acceptors (Lipinski definition) is 3. The van der Waals surface area contributed by atoms with Gasteiger partial charge < -0.3 is 9.64 Å². The summed E-state index contributed by atoms with van der Waals surface area (Å²) >= 11 is 24.4. The van der Waals surface area contributed by atoms with Gasteiger partial charge in [0, 0.05) is 24.2 Å². The van der Waals surface area contributed by atoms with Crippen LogP contribution in [0, 0.1) is 0 Å². The summed E-state index contributed by atoms with van der Waals surface area (Å²) in [6.45, 7) is 3.19. The van der Waals surface area contributed by atoms with Gasteiger partial charge in [0.2, 0.25) is 0 Å². The summed E-state index contributed by atoms with van der Waals surface area (Å²) in [6.07, 6.45) is 1.59. The monoisotopic (exact) mass is 485 g/mol. The van der Waals surface area contributed by atoms with Gasteiger partial charge in [-0.05, 0) is 36.8 Å². The smallest absolute Gasteiger partial charge is 0.253 e. The number of aromatic nitrogens is 2. The van der Waals surface area contributed by atoms with Gasteiger partial charge in [-0.15, -0.1) is 0 Å². The van der Waals surface area contributed by atoms with E-state index in [4.69, 9.17) is 51.1 Å². The van der Waals surface area contributed by atoms with Gasteiger partial charge in [-0.1, -0.05) is 58.5 Å². The molecule has 0 atom stereocenters. The van der Waals surface area contributed by atoms with Crippen LogP contribution in [0.2, 0.25) is 20.1 Å². The highest BCUT2D eigenvalue weighted by atomic mass is 35.5. The zero-order valence-electron chi connectivity index (χ0n) is 16.3. The van der Waals surface area contributed by atoms with Crippen molar-refractivity contribution in [1.29, 1.82) is 0 Å². The van der Waals surface area contributed by atoms with Crippen molar-refractivity contribution in [3.8, 4) is 5.75 Å². The van der Waals surface area contributed by atoms with E-state index in [0.29, 0.717) is 44.5 Å². The molecule has 5 nitrogen and oxygen atoms in total. The Bertz CT molecular complexity index is 1050. The van der Waals surface area contributed by atoms with Crippen LogP contribution in [0.15, 0.2) is 42.6 Å². The minimum absolute atomic E-state index is 0.140. The number of aryl methyl sites for hydroxylation is 1. The maximum atomic E-state index is 12.9. The topological polar surface area (TPSA) is 47.4 Å². The van der Waals surface area contributed by atoms with Gasteiger partial charge in [0.15, 0.2) is 5.75 Å². The van der Waals surface area contributed by atoms with E-state index in [-0.39, 0.29) is 12.5 Å². The highest BCUT2D eigenvalue weighted by molar-refractivity contribution is 6.40. The molecular weight excluding hydrogens is 468 g/mol. The number of carbonyl (C=O) groups excluding carboxylic acids is 1. The van der Waals surface area contributed by atoms with E-state index in [9.17, 15) is 4.79 Å². The Morgan fingerprint density at radius 1 is 1.10 bits per heavy atom. The van der Waals surface area contributed by atoms with Gasteiger partial charge in [0.1, 0.15) is 6.61 Å². The van der Waals surface area contributed by atoms with Crippen LogP contribution in [0.25, 0.3) is 0 Å². The Kier molecular flexibility index (Phi) is 7.53. The largest absolute Gasteiger partial charge is 0.486 e. The maximum Gasteiger partial charge on any atom is 0.253 e. The fourth-order valence-corrected chi connectivity index (χ4v) is 4.08. The molecule has 3 aromatic rings. The maximum absolute atomic E-state index is 12.9. The number of carbonyl (C=O) groups is 1. The molecule has 0 aliphatic rings. The van der Waals surface area contributed by atoms with Crippen molar-refractivity contribution in [3.63, 3.8) is 0 Å². The molecule has 0 aliphatic heterocycles. The van der Waals surface area contributed by atoms with Gasteiger partial charge in [-0.3, -0.25) is 9.48 Å². The zero-order chi connectivity index (χ0) is 21.8. The average molecular weight is 487 g/mol. The fourth-order valence-electron chi connectivity index (χ4n) is 2.95. The first-order valence-electron chi connectivity index (χ1n) is 9.12. The van der Waals surface area contributed by atoms with Gasteiger partial charge >= 0.3 is 0 Å². The van der Waals surface area contributed by atoms with Crippen LogP contribution in [-0.2, 0) is 19.7 Å². The molecule has 3 rings (SSSR count). The highest BCUT2D eigenvalue weighted by Gasteiger charge is 2.17. The number of amides is 1. The third kappa shape index (κ3) is 5.22. The highest BCUT2D eigenvalue weighted by Crippen LogP contribution is 2.36. The molecule has 1 aromatic heterocycles. The molecule has 0 spiro atoms. The van der Waals surface area contributed by atoms with Gasteiger partial charge in [0.05, 0.1) is 33.5 Å². The minimum Gasteiger partial charge on any atom is -0.486 e. The lowest BCUT2D eigenvalue weighted by Crippen LogP contribution is -2.27. The molecule has 9 heteroatoms. The first-order valence-corrected chi connectivity index (χ1v) is 10.6. The Hall–Kier alpha value is -1.92. The molecule has 1 amide bonds. The Morgan fingerprint density at radius 2 is 1.80 bits per heavy atom. The summed E-state index contributed by atoms with van der Waals surface area (Å²) in [7, 11) is 1.72. The molecule has 30 heavy (non-hydrogen) atoms. The summed E-state index contributed by atoms with van der Waals surface area (Å²) in [5, 5.41) is 5.82. The van der Waals surface area contributed by atoms with Crippen molar-refractivity contribution in [2.24, 2.45) is 0 Å². The van der Waals surface area contributed by atoms with Crippen molar-refractivity contribution in [2.45, 2.75) is 26.6 Å². The van der Waals surface area contributed by atoms with E-state index in [1.807, 2.05) is 13.0 Å². The second-order valence-corrected chi connectivity index (χ2v) is 8.26. The number of rotatable bonds is 7. The first kappa shape index (κ1) is 22.8. The number of benzene rings is 2. The lowest BCUT2D eigenvalue weighted by Gasteiger charge is -2.19. The molecule has 0 saturated heterocycles. The number of nitrogens with zero attached hydrogens (tertiary/aromatic N) is 3. The third-order valence-corrected chi connectivity index (χ3v) is 5.55. The van der Waals surface area contributed by atoms with Crippen molar-refractivity contribution < 1.29 is 9.53 Å². The SMILES string of the molecule is CCn1ncc(Cl)c1CN(C)C(=O)c1cccc(COc2c(Cl)cc(Cl)cc2Cl)c1. The summed E-state index contributed by atoms with van der Waals surface area (Å²) < 4.78 is 7.53. The molecular formula is C21H19Cl4N3O2. The minimum atomic E-state index is -0.140. The summed E-state index contributed by atoms with van der Waals surface area (Å²) in [5.74, 6) is 0.207. The van der Waals surface area contributed by atoms with E-state index in [1.165, 1.54) is 0 Å². The summed E-state index contributed by atoms with van der Waals surface area (Å²) in [5.41, 5.74) is 2.13. The first-order chi connectivity index (χ1) is 14.3. The molecule has 0 aliphatic carbocycles. The number of ether oxygens (including phenoxy) is 1. The van der Waals surface area contributed by atoms with Crippen LogP contribution in [0.3, 0.4) is 0 Å². The standard InChI is InChI=1S/C21H19Cl4N3O2/c1-3-28-19(18(25)10-26-28)11-27(2)21(29)14-6-4-5-13(7-14)12-30-20-16(23)8-15(22)9-17(20)24/h4-10H,3,11-12H2,1-2H3. The van der Waals surface area contributed by atoms with Gasteiger partial charge in [-0.25, -0.2) is 0 Å². The van der Waals surface area contributed by atoms with Crippen LogP contribution >= 0.6 is 46.4 Å². The molecule has 2 aromatic carbocycles. The van der Waals surface area contributed by atoms with Crippen LogP contribution in [0.1, 0.15) is 28.5 Å². The Balaban J connectivity index is 1.71. The molecule has 0 unspecified atom stereocenters. The molecule has 0 N–H and O–H groups in total. The van der Waals surface area contributed by atoms with E-state index in [1.54, 1.807) is 53.2 Å². The lowest BCUT2D eigenvalue weighted by atomic mass is 10.1. The van der Waals surface area contributed by atoms with Crippen LogP contribution in [0.5, 0.6) is 5.75 Å². The van der Waals surface area contributed by atoms with E-state index < -0.39 is 0 Å². The van der Waals surface area contributed by atoms with Crippen molar-refractivity contribution in [3.05, 3.63) is 79.5 Å². The van der Waals surface area contributed by atoms with Crippen molar-refractivity contribution >= 4 is 52.3 Å². The van der Waals surface area contributed by atoms with E-state index >= 15 is 0 Å². The second-order valence-electron chi connectivity index (χ2n) is 6.60. The summed E-state index contributed by atoms with van der Waals surface area (Å²) in [4.78, 5) is 14.5. The predicted molar refractivity (Wildman–Crippen MR) is 121 cm³/mol. The molecule has 1 heterocycles. The normalized spacial score (nSPS) is 10.9. The average Bonchev–Trinajstić information content (AvgIpc) is 3.06. The number of hydrogen-bond donors (Lipinski definition) is 0. The summed E-state index contributed by atoms with van der Waals surface area (Å²) in [6, 6.07) is 10.3. The molecule has 0 radical (unpaired) electrons. The van der Waals surface area contributed by atoms with Gasteiger partial charge in [-0.2, -0.15) is 5.10 Å². The third-order valence-electron chi connectivity index (χ3n) is 4.45. The molecule has 0 bridgehead atoms. The predicted octanol–water partition coefficient (Wildman–Crippen LogP) is 6.37. The Morgan fingerprint density at radius 3 is 2.47 bits per heavy atom. The van der Waals surface area contributed by atoms with E-state index in [0.717, 1.165) is 11.3 Å². The van der Waals surface area contributed by atoms with Crippen molar-refractivity contribution in [1.82, 2.24) is 14.7 Å². The molecule has 0 saturated carbocycles. The van der Waals surface area contributed by atoms with Gasteiger partial charge in [0.25, 0.3) is 5.91 Å². The molecule has 158 valence electrons. The lowest BCUT2D eigenvalue weighted by molar-refractivity contribution is 0.0781. The quantitative estimate of drug-likeness (QED) is 0.389. The molecule has 0 fully saturated rings. The van der Waals surface area contributed by atoms with Crippen LogP contribution in [0.4, 0.5) is 0 Å². The Labute approximate surface area is 195 Å². The van der Waals surface area contributed by atoms with E-state index in [2.05, 4.69) is 5.10 Å². The zero-order valence-corrected chi connectivity index (χ0v) is 19.4. The van der Waals surface area contributed by atoms with Crippen LogP contribution < -0.4 is 4.74 Å².